The monoisotopic (exact) mass is 242 g/mol. The molecule has 5 nitrogen and oxygen atoms in total. The molecule has 92 valence electrons. The third kappa shape index (κ3) is 2.43. The minimum atomic E-state index is 0.568. The minimum absolute atomic E-state index is 0.568. The van der Waals surface area contributed by atoms with Crippen molar-refractivity contribution in [1.29, 1.82) is 5.26 Å². The van der Waals surface area contributed by atoms with Crippen LogP contribution >= 0.6 is 0 Å². The number of benzene rings is 1. The van der Waals surface area contributed by atoms with Gasteiger partial charge in [-0.25, -0.2) is 0 Å². The highest BCUT2D eigenvalue weighted by molar-refractivity contribution is 5.66. The highest BCUT2D eigenvalue weighted by Gasteiger charge is 2.08. The van der Waals surface area contributed by atoms with Gasteiger partial charge in [0.2, 0.25) is 0 Å². The van der Waals surface area contributed by atoms with E-state index in [-0.39, 0.29) is 0 Å². The van der Waals surface area contributed by atoms with Crippen LogP contribution in [0.25, 0.3) is 0 Å². The topological polar surface area (TPSA) is 62.9 Å². The Morgan fingerprint density at radius 2 is 2.33 bits per heavy atom. The third-order valence-corrected chi connectivity index (χ3v) is 2.59. The largest absolute Gasteiger partial charge is 0.495 e. The number of rotatable bonds is 4. The van der Waals surface area contributed by atoms with E-state index in [1.807, 2.05) is 19.3 Å². The maximum Gasteiger partial charge on any atom is 0.143 e. The predicted octanol–water partition coefficient (Wildman–Crippen LogP) is 1.91. The first-order valence-electron chi connectivity index (χ1n) is 5.53. The summed E-state index contributed by atoms with van der Waals surface area (Å²) >= 11 is 0. The van der Waals surface area contributed by atoms with Gasteiger partial charge >= 0.3 is 0 Å². The lowest BCUT2D eigenvalue weighted by Crippen LogP contribution is -2.02. The zero-order valence-electron chi connectivity index (χ0n) is 10.3. The molecule has 0 aliphatic heterocycles. The molecule has 1 heterocycles. The molecule has 1 aromatic carbocycles. The fourth-order valence-corrected chi connectivity index (χ4v) is 1.73. The van der Waals surface area contributed by atoms with Gasteiger partial charge in [0.05, 0.1) is 24.6 Å². The van der Waals surface area contributed by atoms with E-state index >= 15 is 0 Å². The molecule has 0 radical (unpaired) electrons. The molecule has 0 atom stereocenters. The maximum absolute atomic E-state index is 9.08. The molecule has 0 aliphatic carbocycles. The summed E-state index contributed by atoms with van der Waals surface area (Å²) in [5, 5.41) is 16.4. The lowest BCUT2D eigenvalue weighted by atomic mass is 10.1. The van der Waals surface area contributed by atoms with Crippen molar-refractivity contribution in [3.63, 3.8) is 0 Å². The van der Waals surface area contributed by atoms with Crippen LogP contribution in [-0.4, -0.2) is 16.9 Å². The first-order valence-corrected chi connectivity index (χ1v) is 5.53. The number of anilines is 1. The quantitative estimate of drug-likeness (QED) is 0.889. The van der Waals surface area contributed by atoms with Gasteiger partial charge in [-0.1, -0.05) is 6.07 Å². The Morgan fingerprint density at radius 3 is 2.94 bits per heavy atom. The summed E-state index contributed by atoms with van der Waals surface area (Å²) in [4.78, 5) is 0. The van der Waals surface area contributed by atoms with Gasteiger partial charge in [0, 0.05) is 25.4 Å². The number of aromatic nitrogens is 2. The summed E-state index contributed by atoms with van der Waals surface area (Å²) in [5.74, 6) is 0.665. The van der Waals surface area contributed by atoms with E-state index in [2.05, 4.69) is 16.5 Å². The Labute approximate surface area is 106 Å². The highest BCUT2D eigenvalue weighted by atomic mass is 16.5. The summed E-state index contributed by atoms with van der Waals surface area (Å²) < 4.78 is 6.99. The SMILES string of the molecule is COc1cccc(C#N)c1NCc1cnn(C)c1. The summed E-state index contributed by atoms with van der Waals surface area (Å²) in [6.07, 6.45) is 3.71. The first kappa shape index (κ1) is 12.0. The normalized spacial score (nSPS) is 9.83. The standard InChI is InChI=1S/C13H14N4O/c1-17-9-10(8-16-17)7-15-13-11(6-14)4-3-5-12(13)18-2/h3-5,8-9,15H,7H2,1-2H3. The molecule has 18 heavy (non-hydrogen) atoms. The van der Waals surface area contributed by atoms with Gasteiger partial charge in [0.25, 0.3) is 0 Å². The second-order valence-corrected chi connectivity index (χ2v) is 3.87. The van der Waals surface area contributed by atoms with E-state index in [1.165, 1.54) is 0 Å². The number of ether oxygens (including phenoxy) is 1. The molecule has 0 saturated heterocycles. The van der Waals surface area contributed by atoms with Crippen LogP contribution in [0.4, 0.5) is 5.69 Å². The van der Waals surface area contributed by atoms with Crippen molar-refractivity contribution in [1.82, 2.24) is 9.78 Å². The van der Waals surface area contributed by atoms with Crippen molar-refractivity contribution < 1.29 is 4.74 Å². The van der Waals surface area contributed by atoms with Crippen LogP contribution in [0.15, 0.2) is 30.6 Å². The van der Waals surface area contributed by atoms with Crippen LogP contribution in [0.3, 0.4) is 0 Å². The fourth-order valence-electron chi connectivity index (χ4n) is 1.73. The number of hydrogen-bond donors (Lipinski definition) is 1. The summed E-state index contributed by atoms with van der Waals surface area (Å²) in [7, 11) is 3.46. The summed E-state index contributed by atoms with van der Waals surface area (Å²) in [6.45, 7) is 0.600. The van der Waals surface area contributed by atoms with E-state index in [9.17, 15) is 0 Å². The lowest BCUT2D eigenvalue weighted by molar-refractivity contribution is 0.416. The Hall–Kier alpha value is -2.48. The fraction of sp³-hybridized carbons (Fsp3) is 0.231. The molecule has 0 fully saturated rings. The second kappa shape index (κ2) is 5.23. The molecule has 0 spiro atoms. The molecule has 0 bridgehead atoms. The van der Waals surface area contributed by atoms with Gasteiger partial charge < -0.3 is 10.1 Å². The molecular formula is C13H14N4O. The number of nitrogens with one attached hydrogen (secondary N) is 1. The van der Waals surface area contributed by atoms with Crippen LogP contribution in [0.2, 0.25) is 0 Å². The number of nitrogens with zero attached hydrogens (tertiary/aromatic N) is 3. The van der Waals surface area contributed by atoms with Crippen molar-refractivity contribution in [3.8, 4) is 11.8 Å². The number of hydrogen-bond acceptors (Lipinski definition) is 4. The average Bonchev–Trinajstić information content (AvgIpc) is 2.81. The van der Waals surface area contributed by atoms with Crippen molar-refractivity contribution in [2.45, 2.75) is 6.54 Å². The zero-order chi connectivity index (χ0) is 13.0. The minimum Gasteiger partial charge on any atom is -0.495 e. The Kier molecular flexibility index (Phi) is 3.49. The number of para-hydroxylation sites is 1. The molecule has 0 unspecified atom stereocenters. The van der Waals surface area contributed by atoms with Gasteiger partial charge in [-0.2, -0.15) is 10.4 Å². The molecule has 1 aromatic heterocycles. The smallest absolute Gasteiger partial charge is 0.143 e. The van der Waals surface area contributed by atoms with Crippen LogP contribution in [-0.2, 0) is 13.6 Å². The predicted molar refractivity (Wildman–Crippen MR) is 68.2 cm³/mol. The molecule has 0 aliphatic rings. The Morgan fingerprint density at radius 1 is 1.50 bits per heavy atom. The lowest BCUT2D eigenvalue weighted by Gasteiger charge is -2.11. The van der Waals surface area contributed by atoms with Crippen molar-refractivity contribution in [2.24, 2.45) is 7.05 Å². The molecule has 5 heteroatoms. The highest BCUT2D eigenvalue weighted by Crippen LogP contribution is 2.28. The Balaban J connectivity index is 2.20. The van der Waals surface area contributed by atoms with Gasteiger partial charge in [-0.15, -0.1) is 0 Å². The molecule has 0 amide bonds. The third-order valence-electron chi connectivity index (χ3n) is 2.59. The average molecular weight is 242 g/mol. The van der Waals surface area contributed by atoms with E-state index in [0.717, 1.165) is 5.56 Å². The summed E-state index contributed by atoms with van der Waals surface area (Å²) in [6, 6.07) is 7.53. The maximum atomic E-state index is 9.08. The molecular weight excluding hydrogens is 228 g/mol. The summed E-state index contributed by atoms with van der Waals surface area (Å²) in [5.41, 5.74) is 2.33. The molecule has 2 aromatic rings. The van der Waals surface area contributed by atoms with Crippen molar-refractivity contribution >= 4 is 5.69 Å². The second-order valence-electron chi connectivity index (χ2n) is 3.87. The van der Waals surface area contributed by atoms with Gasteiger partial charge in [0.15, 0.2) is 0 Å². The number of methoxy groups -OCH3 is 1. The molecule has 2 rings (SSSR count). The van der Waals surface area contributed by atoms with Crippen LogP contribution < -0.4 is 10.1 Å². The van der Waals surface area contributed by atoms with E-state index in [0.29, 0.717) is 23.5 Å². The molecule has 1 N–H and O–H groups in total. The zero-order valence-corrected chi connectivity index (χ0v) is 10.3. The Bertz CT molecular complexity index is 583. The first-order chi connectivity index (χ1) is 8.74. The van der Waals surface area contributed by atoms with Crippen LogP contribution in [0, 0.1) is 11.3 Å². The molecule has 0 saturated carbocycles. The van der Waals surface area contributed by atoms with Crippen molar-refractivity contribution in [2.75, 3.05) is 12.4 Å². The number of nitriles is 1. The van der Waals surface area contributed by atoms with Crippen LogP contribution in [0.5, 0.6) is 5.75 Å². The van der Waals surface area contributed by atoms with Gasteiger partial charge in [-0.05, 0) is 12.1 Å². The van der Waals surface area contributed by atoms with Gasteiger partial charge in [-0.3, -0.25) is 4.68 Å². The van der Waals surface area contributed by atoms with E-state index in [4.69, 9.17) is 10.00 Å². The van der Waals surface area contributed by atoms with Gasteiger partial charge in [0.1, 0.15) is 11.8 Å². The van der Waals surface area contributed by atoms with Crippen LogP contribution in [0.1, 0.15) is 11.1 Å². The number of aryl methyl sites for hydroxylation is 1. The van der Waals surface area contributed by atoms with Crippen molar-refractivity contribution in [3.05, 3.63) is 41.7 Å². The van der Waals surface area contributed by atoms with E-state index in [1.54, 1.807) is 30.1 Å². The van der Waals surface area contributed by atoms with E-state index < -0.39 is 0 Å².